The summed E-state index contributed by atoms with van der Waals surface area (Å²) in [7, 11) is 0. The maximum absolute atomic E-state index is 13.0. The number of thioether (sulfide) groups is 1. The van der Waals surface area contributed by atoms with Gasteiger partial charge in [0.2, 0.25) is 5.91 Å². The molecule has 0 radical (unpaired) electrons. The number of aromatic amines is 1. The SMILES string of the molecule is CC[C@@H](C)n1c(SCC(=O)N[C@H](C)c2ccc(C)cc2)nc2cc(C)[nH]c2c1=O. The monoisotopic (exact) mass is 412 g/mol. The van der Waals surface area contributed by atoms with Crippen molar-refractivity contribution in [2.24, 2.45) is 0 Å². The molecule has 0 bridgehead atoms. The van der Waals surface area contributed by atoms with Gasteiger partial charge in [0.1, 0.15) is 5.52 Å². The molecule has 2 aromatic heterocycles. The predicted octanol–water partition coefficient (Wildman–Crippen LogP) is 4.28. The van der Waals surface area contributed by atoms with Crippen molar-refractivity contribution in [3.05, 3.63) is 57.5 Å². The number of nitrogens with zero attached hydrogens (tertiary/aromatic N) is 2. The van der Waals surface area contributed by atoms with E-state index in [-0.39, 0.29) is 29.3 Å². The van der Waals surface area contributed by atoms with Crippen LogP contribution in [0.15, 0.2) is 40.3 Å². The van der Waals surface area contributed by atoms with Gasteiger partial charge in [-0.1, -0.05) is 48.5 Å². The van der Waals surface area contributed by atoms with Crippen molar-refractivity contribution in [1.82, 2.24) is 19.9 Å². The van der Waals surface area contributed by atoms with Gasteiger partial charge in [0, 0.05) is 11.7 Å². The molecule has 2 atom stereocenters. The Morgan fingerprint density at radius 2 is 1.93 bits per heavy atom. The van der Waals surface area contributed by atoms with Gasteiger partial charge >= 0.3 is 0 Å². The van der Waals surface area contributed by atoms with Gasteiger partial charge in [0.05, 0.1) is 17.3 Å². The van der Waals surface area contributed by atoms with Gasteiger partial charge in [-0.15, -0.1) is 0 Å². The number of rotatable bonds is 7. The number of amides is 1. The second-order valence-electron chi connectivity index (χ2n) is 7.53. The fraction of sp³-hybridized carbons (Fsp3) is 0.409. The minimum atomic E-state index is -0.0895. The highest BCUT2D eigenvalue weighted by molar-refractivity contribution is 7.99. The Bertz CT molecular complexity index is 1070. The molecular formula is C22H28N4O2S. The summed E-state index contributed by atoms with van der Waals surface area (Å²) in [5, 5.41) is 3.60. The first kappa shape index (κ1) is 21.2. The highest BCUT2D eigenvalue weighted by Gasteiger charge is 2.18. The van der Waals surface area contributed by atoms with Crippen LogP contribution in [0.3, 0.4) is 0 Å². The molecule has 154 valence electrons. The van der Waals surface area contributed by atoms with Crippen LogP contribution in [0.1, 0.15) is 56.1 Å². The second kappa shape index (κ2) is 8.86. The van der Waals surface area contributed by atoms with Crippen molar-refractivity contribution in [3.8, 4) is 0 Å². The zero-order chi connectivity index (χ0) is 21.1. The lowest BCUT2D eigenvalue weighted by Crippen LogP contribution is -2.29. The summed E-state index contributed by atoms with van der Waals surface area (Å²) < 4.78 is 1.69. The van der Waals surface area contributed by atoms with Crippen LogP contribution in [0.25, 0.3) is 11.0 Å². The van der Waals surface area contributed by atoms with Crippen LogP contribution in [-0.4, -0.2) is 26.2 Å². The van der Waals surface area contributed by atoms with Gasteiger partial charge in [-0.2, -0.15) is 0 Å². The molecule has 3 rings (SSSR count). The third kappa shape index (κ3) is 4.72. The van der Waals surface area contributed by atoms with Gasteiger partial charge < -0.3 is 10.3 Å². The van der Waals surface area contributed by atoms with E-state index in [1.54, 1.807) is 4.57 Å². The van der Waals surface area contributed by atoms with E-state index in [9.17, 15) is 9.59 Å². The first-order chi connectivity index (χ1) is 13.8. The summed E-state index contributed by atoms with van der Waals surface area (Å²) >= 11 is 1.30. The van der Waals surface area contributed by atoms with Gasteiger partial charge in [-0.25, -0.2) is 4.98 Å². The Morgan fingerprint density at radius 3 is 2.59 bits per heavy atom. The average Bonchev–Trinajstić information content (AvgIpc) is 3.07. The van der Waals surface area contributed by atoms with E-state index in [2.05, 4.69) is 15.3 Å². The molecule has 7 heteroatoms. The smallest absolute Gasteiger partial charge is 0.278 e. The number of nitrogens with one attached hydrogen (secondary N) is 2. The summed E-state index contributed by atoms with van der Waals surface area (Å²) in [6.07, 6.45) is 0.803. The number of hydrogen-bond donors (Lipinski definition) is 2. The van der Waals surface area contributed by atoms with Crippen molar-refractivity contribution in [2.45, 2.75) is 58.3 Å². The van der Waals surface area contributed by atoms with Crippen LogP contribution < -0.4 is 10.9 Å². The zero-order valence-corrected chi connectivity index (χ0v) is 18.4. The topological polar surface area (TPSA) is 79.8 Å². The third-order valence-electron chi connectivity index (χ3n) is 5.11. The Balaban J connectivity index is 1.77. The van der Waals surface area contributed by atoms with Crippen LogP contribution in [0.5, 0.6) is 0 Å². The molecule has 1 aromatic carbocycles. The second-order valence-corrected chi connectivity index (χ2v) is 8.47. The lowest BCUT2D eigenvalue weighted by molar-refractivity contribution is -0.119. The van der Waals surface area contributed by atoms with Crippen LogP contribution in [0.2, 0.25) is 0 Å². The number of carbonyl (C=O) groups is 1. The number of carbonyl (C=O) groups excluding carboxylic acids is 1. The first-order valence-corrected chi connectivity index (χ1v) is 10.9. The zero-order valence-electron chi connectivity index (χ0n) is 17.6. The van der Waals surface area contributed by atoms with Gasteiger partial charge in [-0.3, -0.25) is 14.2 Å². The fourth-order valence-corrected chi connectivity index (χ4v) is 4.12. The maximum atomic E-state index is 13.0. The number of benzene rings is 1. The fourth-order valence-electron chi connectivity index (χ4n) is 3.21. The van der Waals surface area contributed by atoms with Gasteiger partial charge in [-0.05, 0) is 45.7 Å². The van der Waals surface area contributed by atoms with E-state index in [4.69, 9.17) is 0 Å². The van der Waals surface area contributed by atoms with Crippen molar-refractivity contribution >= 4 is 28.7 Å². The summed E-state index contributed by atoms with van der Waals surface area (Å²) in [6, 6.07) is 9.91. The molecule has 0 fully saturated rings. The lowest BCUT2D eigenvalue weighted by Gasteiger charge is -2.18. The summed E-state index contributed by atoms with van der Waals surface area (Å²) in [5.74, 6) is 0.118. The van der Waals surface area contributed by atoms with E-state index >= 15 is 0 Å². The quantitative estimate of drug-likeness (QED) is 0.448. The third-order valence-corrected chi connectivity index (χ3v) is 6.06. The first-order valence-electron chi connectivity index (χ1n) is 9.90. The summed E-state index contributed by atoms with van der Waals surface area (Å²) in [4.78, 5) is 33.3. The molecule has 0 unspecified atom stereocenters. The molecule has 0 aliphatic carbocycles. The molecule has 0 spiro atoms. The Kier molecular flexibility index (Phi) is 6.47. The van der Waals surface area contributed by atoms with E-state index in [1.807, 2.05) is 65.0 Å². The minimum absolute atomic E-state index is 0.0000457. The molecular weight excluding hydrogens is 384 g/mol. The van der Waals surface area contributed by atoms with Crippen molar-refractivity contribution in [3.63, 3.8) is 0 Å². The summed E-state index contributed by atoms with van der Waals surface area (Å²) in [6.45, 7) is 9.94. The van der Waals surface area contributed by atoms with Crippen LogP contribution in [-0.2, 0) is 4.79 Å². The Hall–Kier alpha value is -2.54. The molecule has 0 saturated heterocycles. The standard InChI is InChI=1S/C22H28N4O2S/c1-6-15(4)26-21(28)20-18(11-14(3)23-20)25-22(26)29-12-19(27)24-16(5)17-9-7-13(2)8-10-17/h7-11,15-16,23H,6,12H2,1-5H3,(H,24,27)/t15-,16-/m1/s1. The van der Waals surface area contributed by atoms with Crippen LogP contribution in [0, 0.1) is 13.8 Å². The molecule has 0 aliphatic heterocycles. The number of aryl methyl sites for hydroxylation is 2. The average molecular weight is 413 g/mol. The van der Waals surface area contributed by atoms with Crippen molar-refractivity contribution < 1.29 is 4.79 Å². The highest BCUT2D eigenvalue weighted by atomic mass is 32.2. The highest BCUT2D eigenvalue weighted by Crippen LogP contribution is 2.23. The number of aromatic nitrogens is 3. The summed E-state index contributed by atoms with van der Waals surface area (Å²) in [5.41, 5.74) is 4.22. The van der Waals surface area contributed by atoms with E-state index in [0.717, 1.165) is 17.7 Å². The largest absolute Gasteiger partial charge is 0.353 e. The molecule has 6 nitrogen and oxygen atoms in total. The normalized spacial score (nSPS) is 13.4. The molecule has 2 N–H and O–H groups in total. The van der Waals surface area contributed by atoms with Gasteiger partial charge in [0.25, 0.3) is 5.56 Å². The van der Waals surface area contributed by atoms with E-state index in [1.165, 1.54) is 17.3 Å². The van der Waals surface area contributed by atoms with E-state index in [0.29, 0.717) is 16.2 Å². The van der Waals surface area contributed by atoms with Gasteiger partial charge in [0.15, 0.2) is 5.16 Å². The van der Waals surface area contributed by atoms with Crippen molar-refractivity contribution in [1.29, 1.82) is 0 Å². The minimum Gasteiger partial charge on any atom is -0.353 e. The molecule has 2 heterocycles. The molecule has 0 aliphatic rings. The maximum Gasteiger partial charge on any atom is 0.278 e. The Labute approximate surface area is 175 Å². The predicted molar refractivity (Wildman–Crippen MR) is 119 cm³/mol. The van der Waals surface area contributed by atoms with E-state index < -0.39 is 0 Å². The number of hydrogen-bond acceptors (Lipinski definition) is 4. The molecule has 29 heavy (non-hydrogen) atoms. The molecule has 1 amide bonds. The number of H-pyrrole nitrogens is 1. The van der Waals surface area contributed by atoms with Crippen LogP contribution >= 0.6 is 11.8 Å². The lowest BCUT2D eigenvalue weighted by atomic mass is 10.1. The molecule has 0 saturated carbocycles. The Morgan fingerprint density at radius 1 is 1.24 bits per heavy atom. The van der Waals surface area contributed by atoms with Crippen molar-refractivity contribution in [2.75, 3.05) is 5.75 Å². The number of fused-ring (bicyclic) bond motifs is 1. The van der Waals surface area contributed by atoms with Crippen LogP contribution in [0.4, 0.5) is 0 Å². The molecule has 3 aromatic rings.